The summed E-state index contributed by atoms with van der Waals surface area (Å²) in [5.41, 5.74) is 0.264. The highest BCUT2D eigenvalue weighted by Gasteiger charge is 2.68. The molecule has 3 atom stereocenters. The molecule has 1 saturated carbocycles. The molecule has 0 bridgehead atoms. The van der Waals surface area contributed by atoms with Crippen molar-refractivity contribution in [3.63, 3.8) is 0 Å². The molecule has 1 aromatic carbocycles. The van der Waals surface area contributed by atoms with Crippen LogP contribution in [0.5, 0.6) is 0 Å². The van der Waals surface area contributed by atoms with E-state index in [2.05, 4.69) is 16.1 Å². The lowest BCUT2D eigenvalue weighted by Gasteiger charge is -2.57. The summed E-state index contributed by atoms with van der Waals surface area (Å²) in [5.74, 6) is 0.206. The van der Waals surface area contributed by atoms with Gasteiger partial charge in [-0.2, -0.15) is 13.5 Å². The van der Waals surface area contributed by atoms with Gasteiger partial charge >= 0.3 is 0 Å². The van der Waals surface area contributed by atoms with Gasteiger partial charge in [0.05, 0.1) is 26.0 Å². The number of aromatic nitrogens is 3. The Kier molecular flexibility index (Phi) is 4.78. The lowest BCUT2D eigenvalue weighted by atomic mass is 9.66. The fourth-order valence-corrected chi connectivity index (χ4v) is 5.20. The second kappa shape index (κ2) is 6.84. The first-order chi connectivity index (χ1) is 12.8. The maximum Gasteiger partial charge on any atom is 0.264 e. The molecule has 3 unspecified atom stereocenters. The Morgan fingerprint density at radius 3 is 2.93 bits per heavy atom. The van der Waals surface area contributed by atoms with Crippen molar-refractivity contribution in [2.24, 2.45) is 11.3 Å². The summed E-state index contributed by atoms with van der Waals surface area (Å²) in [5, 5.41) is 4.94. The third-order valence-corrected chi connectivity index (χ3v) is 6.70. The van der Waals surface area contributed by atoms with Crippen LogP contribution >= 0.6 is 11.6 Å². The van der Waals surface area contributed by atoms with Crippen molar-refractivity contribution in [3.8, 4) is 0 Å². The van der Waals surface area contributed by atoms with Gasteiger partial charge in [-0.1, -0.05) is 23.7 Å². The van der Waals surface area contributed by atoms with Gasteiger partial charge in [-0.05, 0) is 42.9 Å². The monoisotopic (exact) mass is 411 g/mol. The third-order valence-electron chi connectivity index (χ3n) is 5.92. The van der Waals surface area contributed by atoms with Crippen molar-refractivity contribution in [1.29, 1.82) is 0 Å². The standard InChI is InChI=1S/C18H22ClN3O4S/c1-27(23,24)26-11-17-6-5-15(7-14-3-2-4-16(19)8-14)18(17,25-10-17)9-22-13-20-12-21-22/h2-4,8,12-13,15H,5-7,9-11H2,1H3. The maximum atomic E-state index is 11.6. The molecular formula is C18H22ClN3O4S. The summed E-state index contributed by atoms with van der Waals surface area (Å²) in [6, 6.07) is 7.82. The molecule has 27 heavy (non-hydrogen) atoms. The van der Waals surface area contributed by atoms with Crippen LogP contribution in [0, 0.1) is 11.3 Å². The number of nitrogens with zero attached hydrogens (tertiary/aromatic N) is 3. The number of rotatable bonds is 7. The summed E-state index contributed by atoms with van der Waals surface area (Å²) in [4.78, 5) is 4.02. The van der Waals surface area contributed by atoms with E-state index in [4.69, 9.17) is 20.5 Å². The molecule has 2 aliphatic rings. The average molecular weight is 412 g/mol. The molecule has 146 valence electrons. The normalized spacial score (nSPS) is 30.1. The van der Waals surface area contributed by atoms with E-state index in [0.29, 0.717) is 18.2 Å². The van der Waals surface area contributed by atoms with Crippen LogP contribution in [0.2, 0.25) is 5.02 Å². The van der Waals surface area contributed by atoms with Gasteiger partial charge in [0.25, 0.3) is 10.1 Å². The van der Waals surface area contributed by atoms with Crippen molar-refractivity contribution in [3.05, 3.63) is 47.5 Å². The average Bonchev–Trinajstić information content (AvgIpc) is 3.15. The topological polar surface area (TPSA) is 83.3 Å². The summed E-state index contributed by atoms with van der Waals surface area (Å²) in [6.45, 7) is 1.14. The van der Waals surface area contributed by atoms with E-state index in [1.807, 2.05) is 18.2 Å². The first-order valence-corrected chi connectivity index (χ1v) is 11.1. The SMILES string of the molecule is CS(=O)(=O)OCC12CCC(Cc3cccc(Cl)c3)C1(Cn1cncn1)OC2. The molecule has 7 nitrogen and oxygen atoms in total. The molecule has 4 rings (SSSR count). The predicted molar refractivity (Wildman–Crippen MR) is 99.8 cm³/mol. The van der Waals surface area contributed by atoms with Crippen LogP contribution in [0.15, 0.2) is 36.9 Å². The number of benzene rings is 1. The molecule has 9 heteroatoms. The number of fused-ring (bicyclic) bond motifs is 1. The zero-order chi connectivity index (χ0) is 19.1. The van der Waals surface area contributed by atoms with E-state index in [0.717, 1.165) is 31.1 Å². The zero-order valence-electron chi connectivity index (χ0n) is 15.0. The number of hydrogen-bond donors (Lipinski definition) is 0. The first kappa shape index (κ1) is 18.9. The fraction of sp³-hybridized carbons (Fsp3) is 0.556. The molecule has 2 heterocycles. The van der Waals surface area contributed by atoms with Gasteiger partial charge in [-0.15, -0.1) is 0 Å². The van der Waals surface area contributed by atoms with Gasteiger partial charge in [-0.3, -0.25) is 8.86 Å². The second-order valence-electron chi connectivity index (χ2n) is 7.59. The van der Waals surface area contributed by atoms with Gasteiger partial charge in [-0.25, -0.2) is 4.98 Å². The smallest absolute Gasteiger partial charge is 0.264 e. The Balaban J connectivity index is 1.63. The third kappa shape index (κ3) is 3.51. The largest absolute Gasteiger partial charge is 0.371 e. The van der Waals surface area contributed by atoms with Crippen molar-refractivity contribution < 1.29 is 17.3 Å². The highest BCUT2D eigenvalue weighted by atomic mass is 35.5. The van der Waals surface area contributed by atoms with Crippen molar-refractivity contribution in [1.82, 2.24) is 14.8 Å². The molecule has 2 aromatic rings. The summed E-state index contributed by atoms with van der Waals surface area (Å²) < 4.78 is 36.4. The lowest BCUT2D eigenvalue weighted by Crippen LogP contribution is -2.67. The highest BCUT2D eigenvalue weighted by Crippen LogP contribution is 2.61. The van der Waals surface area contributed by atoms with Crippen LogP contribution in [-0.2, 0) is 32.0 Å². The number of halogens is 1. The highest BCUT2D eigenvalue weighted by molar-refractivity contribution is 7.85. The van der Waals surface area contributed by atoms with Gasteiger partial charge < -0.3 is 4.74 Å². The van der Waals surface area contributed by atoms with E-state index < -0.39 is 15.7 Å². The minimum atomic E-state index is -3.52. The van der Waals surface area contributed by atoms with Crippen LogP contribution in [0.1, 0.15) is 18.4 Å². The number of hydrogen-bond acceptors (Lipinski definition) is 6. The summed E-state index contributed by atoms with van der Waals surface area (Å²) in [7, 11) is -3.52. The van der Waals surface area contributed by atoms with Gasteiger partial charge in [0.2, 0.25) is 0 Å². The van der Waals surface area contributed by atoms with E-state index >= 15 is 0 Å². The molecular weight excluding hydrogens is 390 g/mol. The van der Waals surface area contributed by atoms with Gasteiger partial charge in [0, 0.05) is 10.4 Å². The minimum absolute atomic E-state index is 0.132. The molecule has 0 radical (unpaired) electrons. The Labute approximate surface area is 163 Å². The first-order valence-electron chi connectivity index (χ1n) is 8.87. The second-order valence-corrected chi connectivity index (χ2v) is 9.67. The Hall–Kier alpha value is -1.48. The number of ether oxygens (including phenoxy) is 1. The van der Waals surface area contributed by atoms with Gasteiger partial charge in [0.1, 0.15) is 18.3 Å². The van der Waals surface area contributed by atoms with E-state index in [1.165, 1.54) is 6.33 Å². The summed E-state index contributed by atoms with van der Waals surface area (Å²) in [6.07, 6.45) is 6.81. The predicted octanol–water partition coefficient (Wildman–Crippen LogP) is 2.32. The van der Waals surface area contributed by atoms with E-state index in [9.17, 15) is 8.42 Å². The van der Waals surface area contributed by atoms with Crippen molar-refractivity contribution in [2.45, 2.75) is 31.4 Å². The molecule has 1 aliphatic carbocycles. The Bertz CT molecular complexity index is 920. The van der Waals surface area contributed by atoms with Crippen LogP contribution in [0.25, 0.3) is 0 Å². The molecule has 1 aromatic heterocycles. The quantitative estimate of drug-likeness (QED) is 0.650. The molecule has 1 saturated heterocycles. The van der Waals surface area contributed by atoms with Crippen LogP contribution in [0.4, 0.5) is 0 Å². The van der Waals surface area contributed by atoms with Crippen LogP contribution < -0.4 is 0 Å². The molecule has 0 amide bonds. The molecule has 0 spiro atoms. The Morgan fingerprint density at radius 1 is 1.44 bits per heavy atom. The van der Waals surface area contributed by atoms with E-state index in [-0.39, 0.29) is 17.9 Å². The molecule has 1 aliphatic heterocycles. The summed E-state index contributed by atoms with van der Waals surface area (Å²) >= 11 is 6.15. The maximum absolute atomic E-state index is 11.6. The molecule has 2 fully saturated rings. The fourth-order valence-electron chi connectivity index (χ4n) is 4.55. The van der Waals surface area contributed by atoms with Crippen LogP contribution in [0.3, 0.4) is 0 Å². The minimum Gasteiger partial charge on any atom is -0.371 e. The van der Waals surface area contributed by atoms with Crippen LogP contribution in [-0.4, -0.2) is 48.3 Å². The van der Waals surface area contributed by atoms with E-state index in [1.54, 1.807) is 11.0 Å². The van der Waals surface area contributed by atoms with Crippen molar-refractivity contribution in [2.75, 3.05) is 19.5 Å². The Morgan fingerprint density at radius 2 is 2.30 bits per heavy atom. The molecule has 0 N–H and O–H groups in total. The van der Waals surface area contributed by atoms with Crippen molar-refractivity contribution >= 4 is 21.7 Å². The zero-order valence-corrected chi connectivity index (χ0v) is 16.6. The lowest BCUT2D eigenvalue weighted by molar-refractivity contribution is -0.283. The van der Waals surface area contributed by atoms with Gasteiger partial charge in [0.15, 0.2) is 0 Å².